The average Bonchev–Trinajstić information content (AvgIpc) is 2.75. The van der Waals surface area contributed by atoms with Crippen LogP contribution in [0, 0.1) is 9.49 Å². The molecule has 1 aromatic heterocycles. The fourth-order valence-corrected chi connectivity index (χ4v) is 2.40. The van der Waals surface area contributed by atoms with Gasteiger partial charge in [-0.05, 0) is 46.2 Å². The number of hydrogen-bond donors (Lipinski definition) is 1. The Labute approximate surface area is 128 Å². The Balaban J connectivity index is 1.95. The van der Waals surface area contributed by atoms with E-state index in [9.17, 15) is 0 Å². The zero-order chi connectivity index (χ0) is 13.7. The van der Waals surface area contributed by atoms with Crippen LogP contribution in [0.4, 0.5) is 0 Å². The zero-order valence-electron chi connectivity index (χ0n) is 11.4. The fourth-order valence-electron chi connectivity index (χ4n) is 1.96. The molecule has 1 N–H and O–H groups in total. The maximum atomic E-state index is 4.32. The van der Waals surface area contributed by atoms with Crippen molar-refractivity contribution < 1.29 is 0 Å². The summed E-state index contributed by atoms with van der Waals surface area (Å²) in [4.78, 5) is 0. The minimum atomic E-state index is 0.689. The molecule has 3 nitrogen and oxygen atoms in total. The molecule has 0 bridgehead atoms. The lowest BCUT2D eigenvalue weighted by Crippen LogP contribution is -2.19. The number of nitrogens with zero attached hydrogens (tertiary/aromatic N) is 2. The van der Waals surface area contributed by atoms with Crippen molar-refractivity contribution in [1.29, 1.82) is 0 Å². The zero-order valence-corrected chi connectivity index (χ0v) is 13.6. The highest BCUT2D eigenvalue weighted by atomic mass is 127. The van der Waals surface area contributed by atoms with Gasteiger partial charge >= 0.3 is 0 Å². The van der Waals surface area contributed by atoms with Crippen LogP contribution in [0.3, 0.4) is 0 Å². The molecule has 0 saturated carbocycles. The Bertz CT molecular complexity index is 520. The maximum absolute atomic E-state index is 4.32. The van der Waals surface area contributed by atoms with Crippen LogP contribution in [-0.4, -0.2) is 16.3 Å². The van der Waals surface area contributed by atoms with Gasteiger partial charge in [-0.25, -0.2) is 0 Å². The fraction of sp³-hybridized carbons (Fsp3) is 0.400. The maximum Gasteiger partial charge on any atom is 0.0659 e. The topological polar surface area (TPSA) is 29.9 Å². The summed E-state index contributed by atoms with van der Waals surface area (Å²) < 4.78 is 3.15. The van der Waals surface area contributed by atoms with Crippen molar-refractivity contribution in [3.63, 3.8) is 0 Å². The van der Waals surface area contributed by atoms with E-state index in [2.05, 4.69) is 77.3 Å². The van der Waals surface area contributed by atoms with Gasteiger partial charge in [0.05, 0.1) is 16.3 Å². The van der Waals surface area contributed by atoms with Gasteiger partial charge in [0, 0.05) is 12.7 Å². The van der Waals surface area contributed by atoms with Gasteiger partial charge in [0.1, 0.15) is 0 Å². The molecule has 2 rings (SSSR count). The first-order chi connectivity index (χ1) is 9.13. The van der Waals surface area contributed by atoms with Crippen LogP contribution in [0.2, 0.25) is 0 Å². The minimum Gasteiger partial charge on any atom is -0.312 e. The third-order valence-electron chi connectivity index (χ3n) is 2.82. The number of aromatic nitrogens is 2. The normalized spacial score (nSPS) is 11.2. The molecule has 0 aliphatic rings. The number of benzene rings is 1. The van der Waals surface area contributed by atoms with Crippen molar-refractivity contribution in [2.75, 3.05) is 6.54 Å². The lowest BCUT2D eigenvalue weighted by Gasteiger charge is -2.09. The molecule has 19 heavy (non-hydrogen) atoms. The smallest absolute Gasteiger partial charge is 0.0659 e. The molecular formula is C15H20IN3. The van der Waals surface area contributed by atoms with E-state index in [-0.39, 0.29) is 0 Å². The summed E-state index contributed by atoms with van der Waals surface area (Å²) in [6.07, 6.45) is 3.94. The Hall–Kier alpha value is -0.880. The first-order valence-electron chi connectivity index (χ1n) is 6.60. The van der Waals surface area contributed by atoms with Crippen molar-refractivity contribution in [1.82, 2.24) is 15.1 Å². The van der Waals surface area contributed by atoms with Crippen LogP contribution in [0.1, 0.15) is 25.0 Å². The van der Waals surface area contributed by atoms with Gasteiger partial charge in [-0.2, -0.15) is 5.10 Å². The van der Waals surface area contributed by atoms with E-state index in [0.717, 1.165) is 19.6 Å². The summed E-state index contributed by atoms with van der Waals surface area (Å²) in [7, 11) is 0. The number of rotatable bonds is 6. The van der Waals surface area contributed by atoms with Gasteiger partial charge in [-0.3, -0.25) is 4.68 Å². The largest absolute Gasteiger partial charge is 0.312 e. The molecule has 1 aromatic carbocycles. The molecule has 1 heterocycles. The van der Waals surface area contributed by atoms with E-state index in [4.69, 9.17) is 0 Å². The van der Waals surface area contributed by atoms with Crippen molar-refractivity contribution in [3.05, 3.63) is 51.4 Å². The molecule has 4 heteroatoms. The summed E-state index contributed by atoms with van der Waals surface area (Å²) in [5, 5.41) is 7.79. The highest BCUT2D eigenvalue weighted by Gasteiger charge is 2.00. The molecule has 102 valence electrons. The van der Waals surface area contributed by atoms with Crippen molar-refractivity contribution in [2.45, 2.75) is 26.9 Å². The van der Waals surface area contributed by atoms with E-state index >= 15 is 0 Å². The van der Waals surface area contributed by atoms with E-state index in [1.54, 1.807) is 0 Å². The summed E-state index contributed by atoms with van der Waals surface area (Å²) in [5.74, 6) is 0.689. The van der Waals surface area contributed by atoms with Crippen molar-refractivity contribution in [3.8, 4) is 0 Å². The summed E-state index contributed by atoms with van der Waals surface area (Å²) in [5.41, 5.74) is 2.63. The first kappa shape index (κ1) is 14.5. The molecule has 0 atom stereocenters. The Morgan fingerprint density at radius 1 is 1.32 bits per heavy atom. The predicted octanol–water partition coefficient (Wildman–Crippen LogP) is 3.28. The lowest BCUT2D eigenvalue weighted by molar-refractivity contribution is 0.552. The molecule has 0 radical (unpaired) electrons. The Morgan fingerprint density at radius 2 is 2.11 bits per heavy atom. The van der Waals surface area contributed by atoms with Gasteiger partial charge in [0.2, 0.25) is 0 Å². The molecule has 0 saturated heterocycles. The molecule has 0 fully saturated rings. The van der Waals surface area contributed by atoms with Crippen LogP contribution in [0.15, 0.2) is 36.7 Å². The van der Waals surface area contributed by atoms with Crippen LogP contribution in [0.25, 0.3) is 0 Å². The van der Waals surface area contributed by atoms with Gasteiger partial charge in [-0.1, -0.05) is 38.1 Å². The highest BCUT2D eigenvalue weighted by molar-refractivity contribution is 14.1. The predicted molar refractivity (Wildman–Crippen MR) is 87.0 cm³/mol. The molecule has 2 aromatic rings. The van der Waals surface area contributed by atoms with E-state index < -0.39 is 0 Å². The van der Waals surface area contributed by atoms with Crippen molar-refractivity contribution >= 4 is 22.6 Å². The summed E-state index contributed by atoms with van der Waals surface area (Å²) in [6, 6.07) is 8.70. The van der Waals surface area contributed by atoms with Crippen molar-refractivity contribution in [2.24, 2.45) is 5.92 Å². The summed E-state index contributed by atoms with van der Waals surface area (Å²) >= 11 is 2.28. The van der Waals surface area contributed by atoms with Crippen LogP contribution < -0.4 is 5.32 Å². The monoisotopic (exact) mass is 369 g/mol. The second kappa shape index (κ2) is 7.05. The van der Waals surface area contributed by atoms with E-state index in [1.807, 2.05) is 10.9 Å². The standard InChI is InChI=1S/C15H20IN3/c1-12(2)7-17-8-13-4-3-5-14(6-13)10-19-11-15(16)9-18-19/h3-6,9,11-12,17H,7-8,10H2,1-2H3. The van der Waals surface area contributed by atoms with Crippen LogP contribution in [-0.2, 0) is 13.1 Å². The second-order valence-electron chi connectivity index (χ2n) is 5.20. The molecule has 0 amide bonds. The van der Waals surface area contributed by atoms with Gasteiger partial charge < -0.3 is 5.32 Å². The third-order valence-corrected chi connectivity index (χ3v) is 3.38. The lowest BCUT2D eigenvalue weighted by atomic mass is 10.1. The molecule has 0 unspecified atom stereocenters. The molecule has 0 spiro atoms. The molecular weight excluding hydrogens is 349 g/mol. The van der Waals surface area contributed by atoms with Gasteiger partial charge in [-0.15, -0.1) is 0 Å². The van der Waals surface area contributed by atoms with E-state index in [0.29, 0.717) is 5.92 Å². The SMILES string of the molecule is CC(C)CNCc1cccc(Cn2cc(I)cn2)c1. The Morgan fingerprint density at radius 3 is 2.79 bits per heavy atom. The third kappa shape index (κ3) is 4.95. The quantitative estimate of drug-likeness (QED) is 0.792. The van der Waals surface area contributed by atoms with Crippen LogP contribution in [0.5, 0.6) is 0 Å². The van der Waals surface area contributed by atoms with Gasteiger partial charge in [0.15, 0.2) is 0 Å². The summed E-state index contributed by atoms with van der Waals surface area (Å²) in [6.45, 7) is 7.27. The molecule has 0 aliphatic heterocycles. The number of hydrogen-bond acceptors (Lipinski definition) is 2. The minimum absolute atomic E-state index is 0.689. The average molecular weight is 369 g/mol. The molecule has 0 aliphatic carbocycles. The first-order valence-corrected chi connectivity index (χ1v) is 7.68. The Kier molecular flexibility index (Phi) is 5.39. The second-order valence-corrected chi connectivity index (χ2v) is 6.45. The highest BCUT2D eigenvalue weighted by Crippen LogP contribution is 2.09. The van der Waals surface area contributed by atoms with E-state index in [1.165, 1.54) is 14.7 Å². The number of nitrogens with one attached hydrogen (secondary N) is 1. The number of halogens is 1. The van der Waals surface area contributed by atoms with Crippen LogP contribution >= 0.6 is 22.6 Å². The van der Waals surface area contributed by atoms with Gasteiger partial charge in [0.25, 0.3) is 0 Å².